The third-order valence-electron chi connectivity index (χ3n) is 3.46. The predicted octanol–water partition coefficient (Wildman–Crippen LogP) is 2.95. The predicted molar refractivity (Wildman–Crippen MR) is 81.9 cm³/mol. The number of aromatic nitrogens is 2. The van der Waals surface area contributed by atoms with Crippen molar-refractivity contribution in [2.45, 2.75) is 25.9 Å². The van der Waals surface area contributed by atoms with Crippen LogP contribution in [0.2, 0.25) is 0 Å². The van der Waals surface area contributed by atoms with Gasteiger partial charge >= 0.3 is 0 Å². The zero-order chi connectivity index (χ0) is 14.9. The van der Waals surface area contributed by atoms with Crippen molar-refractivity contribution in [3.8, 4) is 5.75 Å². The fourth-order valence-corrected chi connectivity index (χ4v) is 2.73. The Kier molecular flexibility index (Phi) is 4.20. The maximum atomic E-state index is 10.8. The van der Waals surface area contributed by atoms with Crippen molar-refractivity contribution < 1.29 is 9.84 Å². The summed E-state index contributed by atoms with van der Waals surface area (Å²) in [4.78, 5) is 0. The van der Waals surface area contributed by atoms with E-state index >= 15 is 0 Å². The standard InChI is InChI=1S/C15H19BrN2O2/c1-10-14(16)13(18(3)17-10)9-15(2,19)11-6-5-7-12(8-11)20-4/h5-8,19H,9H2,1-4H3. The minimum absolute atomic E-state index is 0.470. The van der Waals surface area contributed by atoms with E-state index in [4.69, 9.17) is 4.74 Å². The molecule has 0 saturated carbocycles. The van der Waals surface area contributed by atoms with Gasteiger partial charge in [0, 0.05) is 13.5 Å². The average molecular weight is 339 g/mol. The van der Waals surface area contributed by atoms with E-state index in [1.807, 2.05) is 38.2 Å². The Morgan fingerprint density at radius 2 is 2.15 bits per heavy atom. The highest BCUT2D eigenvalue weighted by Gasteiger charge is 2.27. The second-order valence-electron chi connectivity index (χ2n) is 5.15. The summed E-state index contributed by atoms with van der Waals surface area (Å²) < 4.78 is 7.96. The highest BCUT2D eigenvalue weighted by Crippen LogP contribution is 2.31. The number of nitrogens with zero attached hydrogens (tertiary/aromatic N) is 2. The van der Waals surface area contributed by atoms with Gasteiger partial charge in [0.25, 0.3) is 0 Å². The topological polar surface area (TPSA) is 47.3 Å². The highest BCUT2D eigenvalue weighted by molar-refractivity contribution is 9.10. The molecule has 0 spiro atoms. The third kappa shape index (κ3) is 2.88. The summed E-state index contributed by atoms with van der Waals surface area (Å²) in [7, 11) is 3.50. The summed E-state index contributed by atoms with van der Waals surface area (Å²) >= 11 is 3.54. The van der Waals surface area contributed by atoms with Gasteiger partial charge in [-0.3, -0.25) is 4.68 Å². The molecule has 2 rings (SSSR count). The van der Waals surface area contributed by atoms with Crippen molar-refractivity contribution in [2.24, 2.45) is 7.05 Å². The molecule has 0 aliphatic heterocycles. The molecule has 0 aliphatic carbocycles. The number of rotatable bonds is 4. The number of hydrogen-bond acceptors (Lipinski definition) is 3. The lowest BCUT2D eigenvalue weighted by Gasteiger charge is -2.24. The zero-order valence-electron chi connectivity index (χ0n) is 12.1. The highest BCUT2D eigenvalue weighted by atomic mass is 79.9. The first-order valence-electron chi connectivity index (χ1n) is 6.40. The fourth-order valence-electron chi connectivity index (χ4n) is 2.26. The van der Waals surface area contributed by atoms with Crippen LogP contribution in [0.4, 0.5) is 0 Å². The lowest BCUT2D eigenvalue weighted by Crippen LogP contribution is -2.25. The Labute approximate surface area is 127 Å². The SMILES string of the molecule is COc1cccc(C(C)(O)Cc2c(Br)c(C)nn2C)c1. The van der Waals surface area contributed by atoms with Crippen molar-refractivity contribution in [3.05, 3.63) is 45.7 Å². The van der Waals surface area contributed by atoms with E-state index in [0.29, 0.717) is 6.42 Å². The van der Waals surface area contributed by atoms with Crippen LogP contribution in [0.15, 0.2) is 28.7 Å². The first-order chi connectivity index (χ1) is 9.35. The minimum atomic E-state index is -0.989. The molecular formula is C15H19BrN2O2. The second-order valence-corrected chi connectivity index (χ2v) is 5.95. The molecule has 1 aromatic carbocycles. The van der Waals surface area contributed by atoms with Crippen LogP contribution in [0.25, 0.3) is 0 Å². The lowest BCUT2D eigenvalue weighted by molar-refractivity contribution is 0.0552. The Hall–Kier alpha value is -1.33. The van der Waals surface area contributed by atoms with Gasteiger partial charge in [0.05, 0.1) is 28.6 Å². The molecule has 1 aromatic heterocycles. The number of methoxy groups -OCH3 is 1. The monoisotopic (exact) mass is 338 g/mol. The molecule has 1 atom stereocenters. The van der Waals surface area contributed by atoms with E-state index in [9.17, 15) is 5.11 Å². The molecule has 0 aliphatic rings. The van der Waals surface area contributed by atoms with E-state index in [2.05, 4.69) is 21.0 Å². The quantitative estimate of drug-likeness (QED) is 0.932. The molecule has 20 heavy (non-hydrogen) atoms. The van der Waals surface area contributed by atoms with Gasteiger partial charge in [0.15, 0.2) is 0 Å². The lowest BCUT2D eigenvalue weighted by atomic mass is 9.91. The molecule has 1 heterocycles. The Morgan fingerprint density at radius 1 is 1.45 bits per heavy atom. The minimum Gasteiger partial charge on any atom is -0.497 e. The molecule has 1 unspecified atom stereocenters. The van der Waals surface area contributed by atoms with Gasteiger partial charge in [-0.1, -0.05) is 12.1 Å². The molecule has 0 amide bonds. The molecule has 5 heteroatoms. The molecule has 0 saturated heterocycles. The van der Waals surface area contributed by atoms with Gasteiger partial charge in [-0.2, -0.15) is 5.10 Å². The molecule has 0 bridgehead atoms. The van der Waals surface area contributed by atoms with Gasteiger partial charge in [-0.25, -0.2) is 0 Å². The second kappa shape index (κ2) is 5.58. The van der Waals surface area contributed by atoms with Crippen LogP contribution in [-0.2, 0) is 19.1 Å². The summed E-state index contributed by atoms with van der Waals surface area (Å²) in [6.07, 6.45) is 0.470. The molecule has 2 aromatic rings. The van der Waals surface area contributed by atoms with E-state index in [1.54, 1.807) is 18.7 Å². The van der Waals surface area contributed by atoms with Gasteiger partial charge < -0.3 is 9.84 Å². The number of benzene rings is 1. The number of aliphatic hydroxyl groups is 1. The number of halogens is 1. The van der Waals surface area contributed by atoms with Crippen molar-refractivity contribution in [3.63, 3.8) is 0 Å². The van der Waals surface area contributed by atoms with E-state index < -0.39 is 5.60 Å². The van der Waals surface area contributed by atoms with Crippen molar-refractivity contribution >= 4 is 15.9 Å². The zero-order valence-corrected chi connectivity index (χ0v) is 13.7. The summed E-state index contributed by atoms with van der Waals surface area (Å²) in [6, 6.07) is 7.51. The van der Waals surface area contributed by atoms with E-state index in [1.165, 1.54) is 0 Å². The summed E-state index contributed by atoms with van der Waals surface area (Å²) in [5.74, 6) is 0.739. The Morgan fingerprint density at radius 3 is 2.70 bits per heavy atom. The molecule has 0 fully saturated rings. The van der Waals surface area contributed by atoms with Crippen LogP contribution >= 0.6 is 15.9 Å². The summed E-state index contributed by atoms with van der Waals surface area (Å²) in [5.41, 5.74) is 1.72. The van der Waals surface area contributed by atoms with Gasteiger partial charge in [-0.15, -0.1) is 0 Å². The molecule has 1 N–H and O–H groups in total. The van der Waals surface area contributed by atoms with Crippen LogP contribution in [0.3, 0.4) is 0 Å². The van der Waals surface area contributed by atoms with E-state index in [0.717, 1.165) is 27.2 Å². The van der Waals surface area contributed by atoms with Crippen LogP contribution in [0.5, 0.6) is 5.75 Å². The Bertz CT molecular complexity index is 620. The normalized spacial score (nSPS) is 14.1. The molecule has 0 radical (unpaired) electrons. The number of ether oxygens (including phenoxy) is 1. The maximum absolute atomic E-state index is 10.8. The molecule has 108 valence electrons. The van der Waals surface area contributed by atoms with Crippen LogP contribution < -0.4 is 4.74 Å². The molecule has 4 nitrogen and oxygen atoms in total. The fraction of sp³-hybridized carbons (Fsp3) is 0.400. The summed E-state index contributed by atoms with van der Waals surface area (Å²) in [6.45, 7) is 3.74. The first-order valence-corrected chi connectivity index (χ1v) is 7.19. The largest absolute Gasteiger partial charge is 0.497 e. The van der Waals surface area contributed by atoms with Gasteiger partial charge in [0.2, 0.25) is 0 Å². The summed E-state index contributed by atoms with van der Waals surface area (Å²) in [5, 5.41) is 15.2. The van der Waals surface area contributed by atoms with Gasteiger partial charge in [-0.05, 0) is 47.5 Å². The van der Waals surface area contributed by atoms with Crippen molar-refractivity contribution in [2.75, 3.05) is 7.11 Å². The van der Waals surface area contributed by atoms with Crippen LogP contribution in [-0.4, -0.2) is 22.0 Å². The smallest absolute Gasteiger partial charge is 0.119 e. The molecular weight excluding hydrogens is 320 g/mol. The average Bonchev–Trinajstić information content (AvgIpc) is 2.65. The maximum Gasteiger partial charge on any atom is 0.119 e. The van der Waals surface area contributed by atoms with Crippen molar-refractivity contribution in [1.82, 2.24) is 9.78 Å². The van der Waals surface area contributed by atoms with Gasteiger partial charge in [0.1, 0.15) is 5.75 Å². The van der Waals surface area contributed by atoms with Crippen LogP contribution in [0.1, 0.15) is 23.9 Å². The van der Waals surface area contributed by atoms with Crippen molar-refractivity contribution in [1.29, 1.82) is 0 Å². The number of hydrogen-bond donors (Lipinski definition) is 1. The Balaban J connectivity index is 2.34. The van der Waals surface area contributed by atoms with E-state index in [-0.39, 0.29) is 0 Å². The number of aryl methyl sites for hydroxylation is 2. The van der Waals surface area contributed by atoms with Crippen LogP contribution in [0, 0.1) is 6.92 Å². The third-order valence-corrected chi connectivity index (χ3v) is 4.50. The first kappa shape index (κ1) is 15.1.